The van der Waals surface area contributed by atoms with Crippen molar-refractivity contribution in [1.29, 1.82) is 0 Å². The van der Waals surface area contributed by atoms with Crippen LogP contribution in [0.3, 0.4) is 0 Å². The average molecular weight is 242 g/mol. The van der Waals surface area contributed by atoms with E-state index in [1.807, 2.05) is 13.8 Å². The normalized spacial score (nSPS) is 35.0. The van der Waals surface area contributed by atoms with Crippen LogP contribution in [-0.2, 0) is 9.53 Å². The van der Waals surface area contributed by atoms with Crippen molar-refractivity contribution in [3.63, 3.8) is 0 Å². The fourth-order valence-electron chi connectivity index (χ4n) is 2.50. The molecule has 1 heterocycles. The lowest BCUT2D eigenvalue weighted by molar-refractivity contribution is -0.128. The highest BCUT2D eigenvalue weighted by atomic mass is 16.5. The van der Waals surface area contributed by atoms with Gasteiger partial charge < -0.3 is 15.8 Å². The van der Waals surface area contributed by atoms with Gasteiger partial charge in [-0.2, -0.15) is 0 Å². The minimum absolute atomic E-state index is 0.00872. The Bertz CT molecular complexity index is 268. The molecule has 0 aliphatic carbocycles. The number of hydrogen-bond acceptors (Lipinski definition) is 3. The predicted molar refractivity (Wildman–Crippen MR) is 68.5 cm³/mol. The maximum absolute atomic E-state index is 12.2. The van der Waals surface area contributed by atoms with Crippen molar-refractivity contribution in [2.24, 2.45) is 23.5 Å². The van der Waals surface area contributed by atoms with Crippen molar-refractivity contribution in [1.82, 2.24) is 5.32 Å². The molecule has 0 saturated carbocycles. The van der Waals surface area contributed by atoms with Crippen LogP contribution in [0.25, 0.3) is 0 Å². The average Bonchev–Trinajstić information content (AvgIpc) is 2.49. The summed E-state index contributed by atoms with van der Waals surface area (Å²) in [5.41, 5.74) is 5.67. The largest absolute Gasteiger partial charge is 0.374 e. The van der Waals surface area contributed by atoms with Gasteiger partial charge in [-0.15, -0.1) is 0 Å². The topological polar surface area (TPSA) is 64.3 Å². The minimum atomic E-state index is -0.0576. The molecule has 4 heteroatoms. The second-order valence-corrected chi connectivity index (χ2v) is 5.53. The van der Waals surface area contributed by atoms with E-state index in [9.17, 15) is 4.79 Å². The van der Waals surface area contributed by atoms with Gasteiger partial charge >= 0.3 is 0 Å². The van der Waals surface area contributed by atoms with Gasteiger partial charge in [0.15, 0.2) is 0 Å². The molecule has 3 N–H and O–H groups in total. The fraction of sp³-hybridized carbons (Fsp3) is 0.923. The lowest BCUT2D eigenvalue weighted by Crippen LogP contribution is -2.48. The summed E-state index contributed by atoms with van der Waals surface area (Å²) < 4.78 is 5.69. The molecule has 1 amide bonds. The van der Waals surface area contributed by atoms with Crippen LogP contribution in [0, 0.1) is 17.8 Å². The Morgan fingerprint density at radius 1 is 1.29 bits per heavy atom. The van der Waals surface area contributed by atoms with Crippen LogP contribution in [0.2, 0.25) is 0 Å². The smallest absolute Gasteiger partial charge is 0.226 e. The second-order valence-electron chi connectivity index (χ2n) is 5.53. The summed E-state index contributed by atoms with van der Waals surface area (Å²) in [6.07, 6.45) is 0.140. The highest BCUT2D eigenvalue weighted by Gasteiger charge is 2.41. The lowest BCUT2D eigenvalue weighted by atomic mass is 9.88. The first-order valence-corrected chi connectivity index (χ1v) is 6.54. The number of amides is 1. The van der Waals surface area contributed by atoms with Gasteiger partial charge in [-0.3, -0.25) is 4.79 Å². The SMILES string of the molecule is CC(C)C(CN)NC(=O)C1C(C)OC(C)C1C. The van der Waals surface area contributed by atoms with E-state index < -0.39 is 0 Å². The van der Waals surface area contributed by atoms with Crippen molar-refractivity contribution in [2.45, 2.75) is 52.9 Å². The van der Waals surface area contributed by atoms with Gasteiger partial charge in [-0.25, -0.2) is 0 Å². The molecule has 0 radical (unpaired) electrons. The van der Waals surface area contributed by atoms with Crippen LogP contribution in [0.5, 0.6) is 0 Å². The molecular formula is C13H26N2O2. The van der Waals surface area contributed by atoms with Crippen LogP contribution < -0.4 is 11.1 Å². The Kier molecular flexibility index (Phi) is 4.95. The number of carbonyl (C=O) groups is 1. The molecule has 0 aromatic heterocycles. The molecule has 1 fully saturated rings. The van der Waals surface area contributed by atoms with E-state index in [-0.39, 0.29) is 36.0 Å². The molecule has 4 nitrogen and oxygen atoms in total. The van der Waals surface area contributed by atoms with Gasteiger partial charge in [0.1, 0.15) is 0 Å². The second kappa shape index (κ2) is 5.83. The molecule has 0 aromatic rings. The van der Waals surface area contributed by atoms with Crippen molar-refractivity contribution >= 4 is 5.91 Å². The lowest BCUT2D eigenvalue weighted by Gasteiger charge is -2.25. The third-order valence-electron chi connectivity index (χ3n) is 3.93. The van der Waals surface area contributed by atoms with Crippen molar-refractivity contribution < 1.29 is 9.53 Å². The summed E-state index contributed by atoms with van der Waals surface area (Å²) in [4.78, 5) is 12.2. The van der Waals surface area contributed by atoms with E-state index in [0.717, 1.165) is 0 Å². The molecule has 17 heavy (non-hydrogen) atoms. The van der Waals surface area contributed by atoms with Crippen LogP contribution in [-0.4, -0.2) is 30.7 Å². The number of carbonyl (C=O) groups excluding carboxylic acids is 1. The van der Waals surface area contributed by atoms with Crippen LogP contribution in [0.4, 0.5) is 0 Å². The third-order valence-corrected chi connectivity index (χ3v) is 3.93. The van der Waals surface area contributed by atoms with E-state index in [0.29, 0.717) is 12.5 Å². The molecule has 1 aliphatic heterocycles. The number of ether oxygens (including phenoxy) is 1. The third kappa shape index (κ3) is 3.19. The van der Waals surface area contributed by atoms with Crippen LogP contribution in [0.15, 0.2) is 0 Å². The summed E-state index contributed by atoms with van der Waals surface area (Å²) in [6.45, 7) is 10.7. The van der Waals surface area contributed by atoms with E-state index in [1.165, 1.54) is 0 Å². The molecular weight excluding hydrogens is 216 g/mol. The van der Waals surface area contributed by atoms with Gasteiger partial charge in [-0.1, -0.05) is 20.8 Å². The molecule has 100 valence electrons. The summed E-state index contributed by atoms with van der Waals surface area (Å²) in [5.74, 6) is 0.640. The van der Waals surface area contributed by atoms with Gasteiger partial charge in [0, 0.05) is 12.6 Å². The standard InChI is InChI=1S/C13H26N2O2/c1-7(2)11(6-14)15-13(16)12-8(3)9(4)17-10(12)5/h7-12H,6,14H2,1-5H3,(H,15,16). The van der Waals surface area contributed by atoms with Crippen molar-refractivity contribution in [3.8, 4) is 0 Å². The summed E-state index contributed by atoms with van der Waals surface area (Å²) >= 11 is 0. The molecule has 5 unspecified atom stereocenters. The first-order chi connectivity index (χ1) is 7.88. The molecule has 0 bridgehead atoms. The first-order valence-electron chi connectivity index (χ1n) is 6.54. The van der Waals surface area contributed by atoms with Crippen LogP contribution in [0.1, 0.15) is 34.6 Å². The molecule has 5 atom stereocenters. The number of hydrogen-bond donors (Lipinski definition) is 2. The zero-order valence-electron chi connectivity index (χ0n) is 11.6. The van der Waals surface area contributed by atoms with Crippen molar-refractivity contribution in [2.75, 3.05) is 6.54 Å². The Morgan fingerprint density at radius 2 is 1.88 bits per heavy atom. The molecule has 0 spiro atoms. The zero-order chi connectivity index (χ0) is 13.2. The quantitative estimate of drug-likeness (QED) is 0.777. The monoisotopic (exact) mass is 242 g/mol. The Balaban J connectivity index is 2.64. The van der Waals surface area contributed by atoms with E-state index >= 15 is 0 Å². The molecule has 1 saturated heterocycles. The predicted octanol–water partition coefficient (Wildman–Crippen LogP) is 1.15. The summed E-state index contributed by atoms with van der Waals surface area (Å²) in [7, 11) is 0. The summed E-state index contributed by atoms with van der Waals surface area (Å²) in [5, 5.41) is 3.05. The van der Waals surface area contributed by atoms with Gasteiger partial charge in [0.05, 0.1) is 18.1 Å². The van der Waals surface area contributed by atoms with E-state index in [4.69, 9.17) is 10.5 Å². The van der Waals surface area contributed by atoms with Crippen LogP contribution >= 0.6 is 0 Å². The number of nitrogens with one attached hydrogen (secondary N) is 1. The van der Waals surface area contributed by atoms with E-state index in [2.05, 4.69) is 26.1 Å². The van der Waals surface area contributed by atoms with Gasteiger partial charge in [0.25, 0.3) is 0 Å². The highest BCUT2D eigenvalue weighted by Crippen LogP contribution is 2.32. The van der Waals surface area contributed by atoms with Gasteiger partial charge in [0.2, 0.25) is 5.91 Å². The number of rotatable bonds is 4. The maximum atomic E-state index is 12.2. The Morgan fingerprint density at radius 3 is 2.24 bits per heavy atom. The van der Waals surface area contributed by atoms with Gasteiger partial charge in [-0.05, 0) is 25.7 Å². The number of nitrogens with two attached hydrogens (primary N) is 1. The Hall–Kier alpha value is -0.610. The summed E-state index contributed by atoms with van der Waals surface area (Å²) in [6, 6.07) is 0.0535. The minimum Gasteiger partial charge on any atom is -0.374 e. The highest BCUT2D eigenvalue weighted by molar-refractivity contribution is 5.80. The molecule has 0 aromatic carbocycles. The Labute approximate surface area is 104 Å². The fourth-order valence-corrected chi connectivity index (χ4v) is 2.50. The first kappa shape index (κ1) is 14.5. The molecule has 1 aliphatic rings. The zero-order valence-corrected chi connectivity index (χ0v) is 11.6. The molecule has 1 rings (SSSR count). The van der Waals surface area contributed by atoms with E-state index in [1.54, 1.807) is 0 Å². The maximum Gasteiger partial charge on any atom is 0.226 e. The van der Waals surface area contributed by atoms with Crippen molar-refractivity contribution in [3.05, 3.63) is 0 Å².